The Hall–Kier alpha value is -0.410. The van der Waals surface area contributed by atoms with Gasteiger partial charge in [-0.1, -0.05) is 40.5 Å². The minimum Gasteiger partial charge on any atom is -0.393 e. The van der Waals surface area contributed by atoms with Crippen LogP contribution in [-0.4, -0.2) is 28.2 Å². The van der Waals surface area contributed by atoms with Crippen LogP contribution in [-0.2, 0) is 4.79 Å². The molecule has 3 heteroatoms. The first kappa shape index (κ1) is 19.9. The number of aliphatic hydroxyl groups is 2. The van der Waals surface area contributed by atoms with Crippen molar-refractivity contribution in [1.29, 1.82) is 0 Å². The van der Waals surface area contributed by atoms with E-state index in [2.05, 4.69) is 13.8 Å². The Balaban J connectivity index is 1.95. The van der Waals surface area contributed by atoms with Gasteiger partial charge in [0.05, 0.1) is 12.2 Å². The van der Waals surface area contributed by atoms with Crippen molar-refractivity contribution in [2.45, 2.75) is 91.3 Å². The molecule has 8 atom stereocenters. The number of aliphatic hydroxyl groups excluding tert-OH is 2. The van der Waals surface area contributed by atoms with E-state index in [0.717, 1.165) is 51.4 Å². The number of Topliss-reactive ketones (excluding diaryl/α,β-unsaturated/α-hetero) is 1. The third kappa shape index (κ3) is 4.40. The molecule has 140 valence electrons. The molecule has 2 rings (SSSR count). The molecule has 2 fully saturated rings. The first-order chi connectivity index (χ1) is 11.4. The third-order valence-corrected chi connectivity index (χ3v) is 7.29. The van der Waals surface area contributed by atoms with Crippen molar-refractivity contribution in [3.63, 3.8) is 0 Å². The number of rotatable bonds is 6. The van der Waals surface area contributed by atoms with Crippen molar-refractivity contribution < 1.29 is 15.0 Å². The van der Waals surface area contributed by atoms with Crippen molar-refractivity contribution in [3.05, 3.63) is 0 Å². The number of hydrogen-bond donors (Lipinski definition) is 2. The van der Waals surface area contributed by atoms with Gasteiger partial charge in [0.1, 0.15) is 5.78 Å². The van der Waals surface area contributed by atoms with Gasteiger partial charge in [0, 0.05) is 11.8 Å². The molecule has 0 spiro atoms. The second kappa shape index (κ2) is 8.80. The van der Waals surface area contributed by atoms with Crippen molar-refractivity contribution in [2.75, 3.05) is 0 Å². The lowest BCUT2D eigenvalue weighted by atomic mass is 9.67. The van der Waals surface area contributed by atoms with E-state index in [1.165, 1.54) is 0 Å². The van der Waals surface area contributed by atoms with E-state index in [1.54, 1.807) is 0 Å². The predicted octanol–water partition coefficient (Wildman–Crippen LogP) is 4.20. The summed E-state index contributed by atoms with van der Waals surface area (Å²) in [6.07, 6.45) is 7.45. The molecular formula is C21H38O3. The van der Waals surface area contributed by atoms with E-state index in [9.17, 15) is 15.0 Å². The van der Waals surface area contributed by atoms with Crippen LogP contribution in [0.25, 0.3) is 0 Å². The zero-order chi connectivity index (χ0) is 17.9. The molecule has 0 heterocycles. The maximum atomic E-state index is 13.0. The zero-order valence-electron chi connectivity index (χ0n) is 16.1. The Bertz CT molecular complexity index is 372. The minimum atomic E-state index is -0.337. The second-order valence-corrected chi connectivity index (χ2v) is 8.62. The van der Waals surface area contributed by atoms with Gasteiger partial charge in [0.2, 0.25) is 0 Å². The highest BCUT2D eigenvalue weighted by atomic mass is 16.3. The summed E-state index contributed by atoms with van der Waals surface area (Å²) < 4.78 is 0. The normalized spacial score (nSPS) is 40.1. The van der Waals surface area contributed by atoms with E-state index in [1.807, 2.05) is 13.8 Å². The average Bonchev–Trinajstić information content (AvgIpc) is 2.59. The van der Waals surface area contributed by atoms with E-state index in [-0.39, 0.29) is 41.7 Å². The van der Waals surface area contributed by atoms with Crippen molar-refractivity contribution in [3.8, 4) is 0 Å². The Morgan fingerprint density at radius 1 is 0.833 bits per heavy atom. The van der Waals surface area contributed by atoms with E-state index in [0.29, 0.717) is 11.8 Å². The molecule has 8 unspecified atom stereocenters. The van der Waals surface area contributed by atoms with Crippen LogP contribution in [0.5, 0.6) is 0 Å². The molecule has 3 nitrogen and oxygen atoms in total. The maximum absolute atomic E-state index is 13.0. The number of hydrogen-bond acceptors (Lipinski definition) is 3. The van der Waals surface area contributed by atoms with Crippen LogP contribution in [0.1, 0.15) is 79.1 Å². The molecule has 0 aromatic carbocycles. The number of carbonyl (C=O) groups excluding carboxylic acids is 1. The molecule has 24 heavy (non-hydrogen) atoms. The fourth-order valence-electron chi connectivity index (χ4n) is 5.25. The topological polar surface area (TPSA) is 57.5 Å². The molecule has 0 saturated heterocycles. The smallest absolute Gasteiger partial charge is 0.139 e. The molecule has 0 radical (unpaired) electrons. The first-order valence-electron chi connectivity index (χ1n) is 10.3. The van der Waals surface area contributed by atoms with Crippen LogP contribution in [0.4, 0.5) is 0 Å². The lowest BCUT2D eigenvalue weighted by Gasteiger charge is -2.39. The summed E-state index contributed by atoms with van der Waals surface area (Å²) in [5.41, 5.74) is 0. The van der Waals surface area contributed by atoms with Gasteiger partial charge in [-0.05, 0) is 62.2 Å². The number of carbonyl (C=O) groups is 1. The molecule has 0 amide bonds. The molecule has 0 aliphatic heterocycles. The van der Waals surface area contributed by atoms with Crippen LogP contribution in [0.2, 0.25) is 0 Å². The quantitative estimate of drug-likeness (QED) is 0.763. The van der Waals surface area contributed by atoms with Gasteiger partial charge < -0.3 is 10.2 Å². The minimum absolute atomic E-state index is 0.0936. The van der Waals surface area contributed by atoms with Crippen molar-refractivity contribution in [1.82, 2.24) is 0 Å². The average molecular weight is 339 g/mol. The molecule has 2 aliphatic carbocycles. The summed E-state index contributed by atoms with van der Waals surface area (Å²) in [6, 6.07) is 0. The summed E-state index contributed by atoms with van der Waals surface area (Å²) in [7, 11) is 0. The summed E-state index contributed by atoms with van der Waals surface area (Å²) in [4.78, 5) is 13.0. The standard InChI is InChI=1S/C21H38O3/c1-5-15-7-9-17(19(22)11-15)13(3)21(24)14(4)18-10-8-16(6-2)12-20(18)23/h13-20,22-23H,5-12H2,1-4H3. The van der Waals surface area contributed by atoms with Crippen LogP contribution in [0.3, 0.4) is 0 Å². The molecular weight excluding hydrogens is 300 g/mol. The predicted molar refractivity (Wildman–Crippen MR) is 97.6 cm³/mol. The molecule has 2 aliphatic rings. The fraction of sp³-hybridized carbons (Fsp3) is 0.952. The second-order valence-electron chi connectivity index (χ2n) is 8.62. The highest BCUT2D eigenvalue weighted by Gasteiger charge is 2.40. The van der Waals surface area contributed by atoms with E-state index >= 15 is 0 Å². The molecule has 2 N–H and O–H groups in total. The van der Waals surface area contributed by atoms with Gasteiger partial charge in [-0.15, -0.1) is 0 Å². The summed E-state index contributed by atoms with van der Waals surface area (Å²) >= 11 is 0. The van der Waals surface area contributed by atoms with Gasteiger partial charge in [0.25, 0.3) is 0 Å². The SMILES string of the molecule is CCC1CCC(C(C)C(=O)C(C)C2CCC(CC)CC2O)C(O)C1. The van der Waals surface area contributed by atoms with E-state index < -0.39 is 0 Å². The van der Waals surface area contributed by atoms with E-state index in [4.69, 9.17) is 0 Å². The largest absolute Gasteiger partial charge is 0.393 e. The molecule has 2 saturated carbocycles. The highest BCUT2D eigenvalue weighted by molar-refractivity contribution is 5.83. The Morgan fingerprint density at radius 2 is 1.21 bits per heavy atom. The zero-order valence-corrected chi connectivity index (χ0v) is 16.1. The maximum Gasteiger partial charge on any atom is 0.139 e. The first-order valence-corrected chi connectivity index (χ1v) is 10.3. The monoisotopic (exact) mass is 338 g/mol. The van der Waals surface area contributed by atoms with Gasteiger partial charge >= 0.3 is 0 Å². The van der Waals surface area contributed by atoms with Gasteiger partial charge in [-0.3, -0.25) is 4.79 Å². The molecule has 0 bridgehead atoms. The lowest BCUT2D eigenvalue weighted by Crippen LogP contribution is -2.42. The van der Waals surface area contributed by atoms with Gasteiger partial charge in [-0.2, -0.15) is 0 Å². The summed E-state index contributed by atoms with van der Waals surface area (Å²) in [6.45, 7) is 8.37. The van der Waals surface area contributed by atoms with Crippen LogP contribution >= 0.6 is 0 Å². The molecule has 0 aromatic rings. The van der Waals surface area contributed by atoms with Gasteiger partial charge in [-0.25, -0.2) is 0 Å². The summed E-state index contributed by atoms with van der Waals surface area (Å²) in [5.74, 6) is 1.50. The highest BCUT2D eigenvalue weighted by Crippen LogP contribution is 2.40. The summed E-state index contributed by atoms with van der Waals surface area (Å²) in [5, 5.41) is 21.0. The molecule has 0 aromatic heterocycles. The number of ketones is 1. The Morgan fingerprint density at radius 3 is 1.50 bits per heavy atom. The van der Waals surface area contributed by atoms with Crippen LogP contribution in [0, 0.1) is 35.5 Å². The fourth-order valence-corrected chi connectivity index (χ4v) is 5.25. The van der Waals surface area contributed by atoms with Crippen LogP contribution < -0.4 is 0 Å². The lowest BCUT2D eigenvalue weighted by molar-refractivity contribution is -0.134. The van der Waals surface area contributed by atoms with Crippen molar-refractivity contribution in [2.24, 2.45) is 35.5 Å². The Kier molecular flexibility index (Phi) is 7.30. The Labute approximate surface area is 148 Å². The van der Waals surface area contributed by atoms with Crippen LogP contribution in [0.15, 0.2) is 0 Å². The third-order valence-electron chi connectivity index (χ3n) is 7.29. The van der Waals surface area contributed by atoms with Gasteiger partial charge in [0.15, 0.2) is 0 Å². The van der Waals surface area contributed by atoms with Crippen molar-refractivity contribution >= 4 is 5.78 Å².